The summed E-state index contributed by atoms with van der Waals surface area (Å²) in [5.74, 6) is 0.118. The molecule has 0 amide bonds. The Labute approximate surface area is 159 Å². The minimum atomic E-state index is -4.59. The molecule has 0 radical (unpaired) electrons. The Kier molecular flexibility index (Phi) is 5.42. The van der Waals surface area contributed by atoms with E-state index in [1.807, 2.05) is 6.92 Å². The van der Waals surface area contributed by atoms with Crippen molar-refractivity contribution in [2.45, 2.75) is 19.5 Å². The van der Waals surface area contributed by atoms with E-state index < -0.39 is 17.6 Å². The van der Waals surface area contributed by atoms with Crippen LogP contribution in [-0.4, -0.2) is 0 Å². The van der Waals surface area contributed by atoms with Crippen LogP contribution in [0, 0.1) is 5.82 Å². The van der Waals surface area contributed by atoms with Crippen molar-refractivity contribution in [1.29, 1.82) is 0 Å². The van der Waals surface area contributed by atoms with Gasteiger partial charge in [-0.15, -0.1) is 0 Å². The standard InChI is InChI=1S/C21H15ClF4O/c1-2-13-10-17(7-9-20(13)22)27-16-5-3-4-14(11-16)18-12-15(23)6-8-19(18)21(24,25)26/h3-12H,2H2,1H3. The van der Waals surface area contributed by atoms with Crippen molar-refractivity contribution in [2.75, 3.05) is 0 Å². The van der Waals surface area contributed by atoms with Gasteiger partial charge in [0.15, 0.2) is 0 Å². The third kappa shape index (κ3) is 4.42. The average molecular weight is 395 g/mol. The first-order chi connectivity index (χ1) is 12.8. The zero-order valence-electron chi connectivity index (χ0n) is 14.3. The lowest BCUT2D eigenvalue weighted by molar-refractivity contribution is -0.137. The molecule has 0 aromatic heterocycles. The Morgan fingerprint density at radius 2 is 1.67 bits per heavy atom. The second-order valence-corrected chi connectivity index (χ2v) is 6.33. The zero-order valence-corrected chi connectivity index (χ0v) is 15.0. The van der Waals surface area contributed by atoms with Crippen molar-refractivity contribution in [1.82, 2.24) is 0 Å². The van der Waals surface area contributed by atoms with Crippen LogP contribution in [0.4, 0.5) is 17.6 Å². The zero-order chi connectivity index (χ0) is 19.6. The predicted octanol–water partition coefficient (Wildman–Crippen LogP) is 7.52. The Balaban J connectivity index is 1.99. The minimum Gasteiger partial charge on any atom is -0.457 e. The summed E-state index contributed by atoms with van der Waals surface area (Å²) in [5, 5.41) is 0.619. The lowest BCUT2D eigenvalue weighted by atomic mass is 9.99. The summed E-state index contributed by atoms with van der Waals surface area (Å²) >= 11 is 6.08. The molecule has 3 aromatic carbocycles. The Morgan fingerprint density at radius 1 is 0.926 bits per heavy atom. The number of hydrogen-bond donors (Lipinski definition) is 0. The third-order valence-corrected chi connectivity index (χ3v) is 4.43. The van der Waals surface area contributed by atoms with Crippen molar-refractivity contribution < 1.29 is 22.3 Å². The van der Waals surface area contributed by atoms with E-state index in [-0.39, 0.29) is 11.1 Å². The lowest BCUT2D eigenvalue weighted by Gasteiger charge is -2.14. The van der Waals surface area contributed by atoms with Gasteiger partial charge in [-0.25, -0.2) is 4.39 Å². The van der Waals surface area contributed by atoms with Gasteiger partial charge in [-0.1, -0.05) is 30.7 Å². The molecule has 0 aliphatic carbocycles. The van der Waals surface area contributed by atoms with E-state index in [1.165, 1.54) is 12.1 Å². The Morgan fingerprint density at radius 3 is 2.37 bits per heavy atom. The van der Waals surface area contributed by atoms with Gasteiger partial charge in [0.2, 0.25) is 0 Å². The molecule has 0 bridgehead atoms. The number of hydrogen-bond acceptors (Lipinski definition) is 1. The highest BCUT2D eigenvalue weighted by atomic mass is 35.5. The van der Waals surface area contributed by atoms with Gasteiger partial charge in [-0.3, -0.25) is 0 Å². The highest BCUT2D eigenvalue weighted by Crippen LogP contribution is 2.38. The van der Waals surface area contributed by atoms with E-state index in [2.05, 4.69) is 0 Å². The topological polar surface area (TPSA) is 9.23 Å². The van der Waals surface area contributed by atoms with E-state index >= 15 is 0 Å². The van der Waals surface area contributed by atoms with Gasteiger partial charge >= 0.3 is 6.18 Å². The van der Waals surface area contributed by atoms with E-state index in [0.717, 1.165) is 23.8 Å². The van der Waals surface area contributed by atoms with Crippen LogP contribution in [0.2, 0.25) is 5.02 Å². The molecule has 0 atom stereocenters. The SMILES string of the molecule is CCc1cc(Oc2cccc(-c3cc(F)ccc3C(F)(F)F)c2)ccc1Cl. The molecule has 0 spiro atoms. The quantitative estimate of drug-likeness (QED) is 0.416. The summed E-state index contributed by atoms with van der Waals surface area (Å²) < 4.78 is 59.1. The number of aryl methyl sites for hydroxylation is 1. The highest BCUT2D eigenvalue weighted by molar-refractivity contribution is 6.31. The molecular weight excluding hydrogens is 380 g/mol. The van der Waals surface area contributed by atoms with Gasteiger partial charge in [0.25, 0.3) is 0 Å². The molecule has 6 heteroatoms. The predicted molar refractivity (Wildman–Crippen MR) is 97.7 cm³/mol. The fourth-order valence-corrected chi connectivity index (χ4v) is 3.00. The largest absolute Gasteiger partial charge is 0.457 e. The summed E-state index contributed by atoms with van der Waals surface area (Å²) in [6, 6.07) is 13.7. The normalized spacial score (nSPS) is 11.5. The summed E-state index contributed by atoms with van der Waals surface area (Å²) in [5.41, 5.74) is -0.0297. The molecule has 0 aliphatic rings. The fraction of sp³-hybridized carbons (Fsp3) is 0.143. The van der Waals surface area contributed by atoms with Crippen molar-refractivity contribution in [3.63, 3.8) is 0 Å². The molecule has 3 rings (SSSR count). The molecule has 0 unspecified atom stereocenters. The maximum absolute atomic E-state index is 13.6. The van der Waals surface area contributed by atoms with Crippen LogP contribution in [0.5, 0.6) is 11.5 Å². The van der Waals surface area contributed by atoms with Crippen molar-refractivity contribution >= 4 is 11.6 Å². The van der Waals surface area contributed by atoms with Gasteiger partial charge in [0.05, 0.1) is 5.56 Å². The fourth-order valence-electron chi connectivity index (χ4n) is 2.75. The molecule has 3 aromatic rings. The molecule has 0 aliphatic heterocycles. The van der Waals surface area contributed by atoms with Gasteiger partial charge in [-0.05, 0) is 71.6 Å². The van der Waals surface area contributed by atoms with Crippen LogP contribution in [0.15, 0.2) is 60.7 Å². The van der Waals surface area contributed by atoms with Crippen LogP contribution >= 0.6 is 11.6 Å². The summed E-state index contributed by atoms with van der Waals surface area (Å²) in [6.07, 6.45) is -3.87. The second-order valence-electron chi connectivity index (χ2n) is 5.92. The van der Waals surface area contributed by atoms with Gasteiger partial charge < -0.3 is 4.74 Å². The number of rotatable bonds is 4. The molecule has 0 fully saturated rings. The van der Waals surface area contributed by atoms with Crippen LogP contribution in [-0.2, 0) is 12.6 Å². The van der Waals surface area contributed by atoms with Crippen LogP contribution in [0.1, 0.15) is 18.1 Å². The molecule has 0 saturated carbocycles. The van der Waals surface area contributed by atoms with E-state index in [4.69, 9.17) is 16.3 Å². The van der Waals surface area contributed by atoms with E-state index in [9.17, 15) is 17.6 Å². The number of alkyl halides is 3. The minimum absolute atomic E-state index is 0.212. The maximum Gasteiger partial charge on any atom is 0.417 e. The first kappa shape index (κ1) is 19.2. The molecule has 0 heterocycles. The first-order valence-corrected chi connectivity index (χ1v) is 8.59. The number of halogens is 5. The van der Waals surface area contributed by atoms with Crippen molar-refractivity contribution in [2.24, 2.45) is 0 Å². The van der Waals surface area contributed by atoms with E-state index in [0.29, 0.717) is 22.9 Å². The average Bonchev–Trinajstić information content (AvgIpc) is 2.62. The van der Waals surface area contributed by atoms with Crippen LogP contribution < -0.4 is 4.74 Å². The smallest absolute Gasteiger partial charge is 0.417 e. The highest BCUT2D eigenvalue weighted by Gasteiger charge is 2.33. The molecule has 140 valence electrons. The number of ether oxygens (including phenoxy) is 1. The van der Waals surface area contributed by atoms with Crippen LogP contribution in [0.25, 0.3) is 11.1 Å². The summed E-state index contributed by atoms with van der Waals surface area (Å²) in [6.45, 7) is 1.95. The van der Waals surface area contributed by atoms with Crippen molar-refractivity contribution in [3.8, 4) is 22.6 Å². The number of benzene rings is 3. The summed E-state index contributed by atoms with van der Waals surface area (Å²) in [7, 11) is 0. The van der Waals surface area contributed by atoms with Gasteiger partial charge in [0.1, 0.15) is 17.3 Å². The van der Waals surface area contributed by atoms with Gasteiger partial charge in [-0.2, -0.15) is 13.2 Å². The van der Waals surface area contributed by atoms with E-state index in [1.54, 1.807) is 30.3 Å². The molecule has 0 saturated heterocycles. The molecular formula is C21H15ClF4O. The Hall–Kier alpha value is -2.53. The first-order valence-electron chi connectivity index (χ1n) is 8.21. The lowest BCUT2D eigenvalue weighted by Crippen LogP contribution is -2.07. The van der Waals surface area contributed by atoms with Crippen molar-refractivity contribution in [3.05, 3.63) is 82.6 Å². The van der Waals surface area contributed by atoms with Gasteiger partial charge in [0, 0.05) is 5.02 Å². The maximum atomic E-state index is 13.6. The molecule has 27 heavy (non-hydrogen) atoms. The monoisotopic (exact) mass is 394 g/mol. The second kappa shape index (κ2) is 7.61. The Bertz CT molecular complexity index is 967. The van der Waals surface area contributed by atoms with Crippen LogP contribution in [0.3, 0.4) is 0 Å². The third-order valence-electron chi connectivity index (χ3n) is 4.07. The molecule has 0 N–H and O–H groups in total. The summed E-state index contributed by atoms with van der Waals surface area (Å²) in [4.78, 5) is 0. The molecule has 1 nitrogen and oxygen atoms in total.